The molecule has 0 aromatic heterocycles. The van der Waals surface area contributed by atoms with E-state index in [1.54, 1.807) is 17.2 Å². The molecule has 0 N–H and O–H groups in total. The summed E-state index contributed by atoms with van der Waals surface area (Å²) in [5.41, 5.74) is 4.06. The lowest BCUT2D eigenvalue weighted by atomic mass is 9.90. The van der Waals surface area contributed by atoms with Crippen molar-refractivity contribution in [3.63, 3.8) is 0 Å². The number of fused-ring (bicyclic) bond motifs is 1. The molecule has 0 saturated carbocycles. The van der Waals surface area contributed by atoms with E-state index < -0.39 is 18.1 Å². The van der Waals surface area contributed by atoms with Gasteiger partial charge >= 0.3 is 0 Å². The number of amides is 2. The molecular formula is C25H21ClN2O3. The van der Waals surface area contributed by atoms with Crippen molar-refractivity contribution in [1.29, 1.82) is 0 Å². The number of imide groups is 1. The predicted octanol–water partition coefficient (Wildman–Crippen LogP) is 5.01. The molecular weight excluding hydrogens is 412 g/mol. The molecule has 6 heteroatoms. The molecule has 5 nitrogen and oxygen atoms in total. The van der Waals surface area contributed by atoms with Crippen LogP contribution in [0.1, 0.15) is 22.7 Å². The average molecular weight is 433 g/mol. The minimum absolute atomic E-state index is 0.245. The Morgan fingerprint density at radius 2 is 1.45 bits per heavy atom. The molecule has 2 fully saturated rings. The number of benzene rings is 3. The van der Waals surface area contributed by atoms with E-state index in [1.807, 2.05) is 74.5 Å². The fourth-order valence-electron chi connectivity index (χ4n) is 4.59. The monoisotopic (exact) mass is 432 g/mol. The van der Waals surface area contributed by atoms with E-state index in [9.17, 15) is 9.59 Å². The van der Waals surface area contributed by atoms with E-state index in [0.29, 0.717) is 10.7 Å². The standard InChI is InChI=1S/C25H21ClN2O3/c1-15-7-6-8-16(2)21(15)27-24(29)20-22(17-11-13-18(26)14-12-17)28(31-23(20)25(27)30)19-9-4-3-5-10-19/h3-14,20,22-23H,1-2H3/t20-,22+,23-/m1/s1. The number of nitrogens with zero attached hydrogens (tertiary/aromatic N) is 2. The predicted molar refractivity (Wildman–Crippen MR) is 120 cm³/mol. The van der Waals surface area contributed by atoms with Crippen molar-refractivity contribution in [3.05, 3.63) is 94.5 Å². The Bertz CT molecular complexity index is 1140. The first kappa shape index (κ1) is 19.8. The number of hydroxylamine groups is 1. The van der Waals surface area contributed by atoms with Crippen molar-refractivity contribution in [2.45, 2.75) is 26.0 Å². The van der Waals surface area contributed by atoms with Gasteiger partial charge in [-0.25, -0.2) is 9.96 Å². The summed E-state index contributed by atoms with van der Waals surface area (Å²) in [4.78, 5) is 34.6. The molecule has 0 unspecified atom stereocenters. The molecule has 2 aliphatic heterocycles. The van der Waals surface area contributed by atoms with Crippen molar-refractivity contribution in [3.8, 4) is 0 Å². The number of hydrogen-bond acceptors (Lipinski definition) is 4. The minimum Gasteiger partial charge on any atom is -0.273 e. The first-order valence-corrected chi connectivity index (χ1v) is 10.6. The van der Waals surface area contributed by atoms with Gasteiger partial charge in [0.25, 0.3) is 5.91 Å². The van der Waals surface area contributed by atoms with Gasteiger partial charge in [0.05, 0.1) is 17.4 Å². The van der Waals surface area contributed by atoms with Crippen LogP contribution >= 0.6 is 11.6 Å². The first-order valence-electron chi connectivity index (χ1n) is 10.2. The lowest BCUT2D eigenvalue weighted by Crippen LogP contribution is -2.38. The molecule has 3 atom stereocenters. The molecule has 3 aromatic rings. The molecule has 0 spiro atoms. The number of anilines is 2. The van der Waals surface area contributed by atoms with Crippen LogP contribution in [0.15, 0.2) is 72.8 Å². The summed E-state index contributed by atoms with van der Waals surface area (Å²) in [6.07, 6.45) is -0.882. The number of aryl methyl sites for hydroxylation is 2. The van der Waals surface area contributed by atoms with E-state index in [0.717, 1.165) is 22.4 Å². The summed E-state index contributed by atoms with van der Waals surface area (Å²) in [7, 11) is 0. The van der Waals surface area contributed by atoms with Gasteiger partial charge in [0.15, 0.2) is 6.10 Å². The molecule has 5 rings (SSSR count). The third-order valence-corrected chi connectivity index (χ3v) is 6.25. The number of rotatable bonds is 3. The van der Waals surface area contributed by atoms with Gasteiger partial charge in [-0.2, -0.15) is 0 Å². The molecule has 156 valence electrons. The second-order valence-electron chi connectivity index (χ2n) is 7.96. The number of para-hydroxylation sites is 2. The van der Waals surface area contributed by atoms with Crippen LogP contribution in [0.4, 0.5) is 11.4 Å². The van der Waals surface area contributed by atoms with Gasteiger partial charge in [0.1, 0.15) is 5.92 Å². The van der Waals surface area contributed by atoms with Crippen molar-refractivity contribution in [1.82, 2.24) is 0 Å². The van der Waals surface area contributed by atoms with Crippen LogP contribution < -0.4 is 9.96 Å². The van der Waals surface area contributed by atoms with Gasteiger partial charge in [-0.3, -0.25) is 14.4 Å². The highest BCUT2D eigenvalue weighted by Gasteiger charge is 2.60. The Balaban J connectivity index is 1.61. The van der Waals surface area contributed by atoms with Crippen molar-refractivity contribution >= 4 is 34.8 Å². The van der Waals surface area contributed by atoms with E-state index in [-0.39, 0.29) is 11.8 Å². The SMILES string of the molecule is Cc1cccc(C)c1N1C(=O)[C@H]2[C@@H](ON(c3ccccc3)[C@H]2c2ccc(Cl)cc2)C1=O. The van der Waals surface area contributed by atoms with Gasteiger partial charge in [-0.1, -0.05) is 60.1 Å². The maximum absolute atomic E-state index is 13.7. The number of hydrogen-bond donors (Lipinski definition) is 0. The zero-order valence-electron chi connectivity index (χ0n) is 17.2. The Kier molecular flexibility index (Phi) is 4.80. The summed E-state index contributed by atoms with van der Waals surface area (Å²) in [5.74, 6) is -1.23. The lowest BCUT2D eigenvalue weighted by Gasteiger charge is -2.29. The number of carbonyl (C=O) groups is 2. The van der Waals surface area contributed by atoms with Crippen LogP contribution in [0.2, 0.25) is 5.02 Å². The third kappa shape index (κ3) is 3.12. The van der Waals surface area contributed by atoms with Crippen molar-refractivity contribution in [2.75, 3.05) is 9.96 Å². The van der Waals surface area contributed by atoms with Gasteiger partial charge in [0, 0.05) is 5.02 Å². The van der Waals surface area contributed by atoms with Gasteiger partial charge < -0.3 is 0 Å². The van der Waals surface area contributed by atoms with Gasteiger partial charge in [-0.15, -0.1) is 0 Å². The summed E-state index contributed by atoms with van der Waals surface area (Å²) in [6, 6.07) is 22.2. The highest BCUT2D eigenvalue weighted by molar-refractivity contribution is 6.30. The fraction of sp³-hybridized carbons (Fsp3) is 0.200. The van der Waals surface area contributed by atoms with Crippen molar-refractivity contribution < 1.29 is 14.4 Å². The molecule has 31 heavy (non-hydrogen) atoms. The Morgan fingerprint density at radius 1 is 0.806 bits per heavy atom. The quantitative estimate of drug-likeness (QED) is 0.546. The second-order valence-corrected chi connectivity index (χ2v) is 8.40. The molecule has 0 aliphatic carbocycles. The largest absolute Gasteiger partial charge is 0.273 e. The van der Waals surface area contributed by atoms with Crippen LogP contribution in [0.3, 0.4) is 0 Å². The fourth-order valence-corrected chi connectivity index (χ4v) is 4.72. The van der Waals surface area contributed by atoms with Crippen LogP contribution in [0.5, 0.6) is 0 Å². The van der Waals surface area contributed by atoms with E-state index >= 15 is 0 Å². The van der Waals surface area contributed by atoms with Crippen LogP contribution in [0, 0.1) is 19.8 Å². The van der Waals surface area contributed by atoms with E-state index in [4.69, 9.17) is 16.4 Å². The Hall–Kier alpha value is -3.15. The van der Waals surface area contributed by atoms with Gasteiger partial charge in [0.2, 0.25) is 5.91 Å². The Labute approximate surface area is 185 Å². The number of carbonyl (C=O) groups excluding carboxylic acids is 2. The molecule has 0 bridgehead atoms. The summed E-state index contributed by atoms with van der Waals surface area (Å²) >= 11 is 6.10. The molecule has 2 amide bonds. The third-order valence-electron chi connectivity index (χ3n) is 6.00. The maximum atomic E-state index is 13.7. The lowest BCUT2D eigenvalue weighted by molar-refractivity contribution is -0.126. The first-order chi connectivity index (χ1) is 15.0. The highest BCUT2D eigenvalue weighted by Crippen LogP contribution is 2.48. The molecule has 2 saturated heterocycles. The molecule has 2 aliphatic rings. The average Bonchev–Trinajstić information content (AvgIpc) is 3.27. The zero-order chi connectivity index (χ0) is 21.7. The zero-order valence-corrected chi connectivity index (χ0v) is 17.9. The smallest absolute Gasteiger partial charge is 0.266 e. The van der Waals surface area contributed by atoms with Crippen LogP contribution in [-0.2, 0) is 14.4 Å². The van der Waals surface area contributed by atoms with Crippen LogP contribution in [-0.4, -0.2) is 17.9 Å². The topological polar surface area (TPSA) is 49.9 Å². The molecule has 2 heterocycles. The van der Waals surface area contributed by atoms with Crippen molar-refractivity contribution in [2.24, 2.45) is 5.92 Å². The van der Waals surface area contributed by atoms with Gasteiger partial charge in [-0.05, 0) is 54.8 Å². The highest BCUT2D eigenvalue weighted by atomic mass is 35.5. The Morgan fingerprint density at radius 3 is 2.10 bits per heavy atom. The number of halogens is 1. The molecule has 0 radical (unpaired) electrons. The van der Waals surface area contributed by atoms with Crippen LogP contribution in [0.25, 0.3) is 0 Å². The summed E-state index contributed by atoms with van der Waals surface area (Å²) in [6.45, 7) is 3.82. The summed E-state index contributed by atoms with van der Waals surface area (Å²) in [5, 5.41) is 2.30. The van der Waals surface area contributed by atoms with E-state index in [2.05, 4.69) is 0 Å². The minimum atomic E-state index is -0.882. The second kappa shape index (κ2) is 7.52. The normalized spacial score (nSPS) is 22.9. The molecule has 3 aromatic carbocycles. The van der Waals surface area contributed by atoms with E-state index in [1.165, 1.54) is 4.90 Å². The summed E-state index contributed by atoms with van der Waals surface area (Å²) < 4.78 is 0. The maximum Gasteiger partial charge on any atom is 0.266 e.